The summed E-state index contributed by atoms with van der Waals surface area (Å²) in [5.41, 5.74) is 0. The number of carbonyl (C=O) groups excluding carboxylic acids is 2. The highest BCUT2D eigenvalue weighted by Crippen LogP contribution is 2.17. The Kier molecular flexibility index (Phi) is 6.04. The van der Waals surface area contributed by atoms with Gasteiger partial charge in [-0.3, -0.25) is 9.69 Å². The van der Waals surface area contributed by atoms with Crippen molar-refractivity contribution in [1.82, 2.24) is 20.4 Å². The Morgan fingerprint density at radius 1 is 1.39 bits per heavy atom. The maximum absolute atomic E-state index is 12.1. The molecule has 7 nitrogen and oxygen atoms in total. The zero-order chi connectivity index (χ0) is 16.8. The first-order valence-corrected chi connectivity index (χ1v) is 7.97. The molecule has 0 radical (unpaired) electrons. The molecule has 1 aromatic rings. The molecule has 1 saturated heterocycles. The summed E-state index contributed by atoms with van der Waals surface area (Å²) in [7, 11) is 3.90. The number of likely N-dealkylation sites (N-methyl/N-ethyl adjacent to an activating group) is 1. The fraction of sp³-hybridized carbons (Fsp3) is 0.625. The summed E-state index contributed by atoms with van der Waals surface area (Å²) in [6.45, 7) is 3.45. The van der Waals surface area contributed by atoms with Gasteiger partial charge in [0, 0.05) is 32.6 Å². The molecule has 0 spiro atoms. The quantitative estimate of drug-likeness (QED) is 0.854. The number of piperidine rings is 1. The minimum atomic E-state index is -0.176. The topological polar surface area (TPSA) is 77.8 Å². The van der Waals surface area contributed by atoms with Crippen molar-refractivity contribution in [1.29, 1.82) is 0 Å². The van der Waals surface area contributed by atoms with Gasteiger partial charge in [-0.1, -0.05) is 0 Å². The Hall–Kier alpha value is -2.02. The van der Waals surface area contributed by atoms with Gasteiger partial charge in [0.1, 0.15) is 5.76 Å². The van der Waals surface area contributed by atoms with E-state index in [1.54, 1.807) is 13.2 Å². The van der Waals surface area contributed by atoms with E-state index in [-0.39, 0.29) is 24.0 Å². The third kappa shape index (κ3) is 4.99. The first-order chi connectivity index (χ1) is 11.0. The molecule has 1 aliphatic heterocycles. The number of hydrogen-bond donors (Lipinski definition) is 2. The van der Waals surface area contributed by atoms with Crippen molar-refractivity contribution in [3.63, 3.8) is 0 Å². The number of nitrogens with zero attached hydrogens (tertiary/aromatic N) is 2. The number of amides is 3. The van der Waals surface area contributed by atoms with Crippen molar-refractivity contribution in [2.24, 2.45) is 0 Å². The van der Waals surface area contributed by atoms with Gasteiger partial charge in [0.25, 0.3) is 0 Å². The molecule has 23 heavy (non-hydrogen) atoms. The third-order valence-corrected chi connectivity index (χ3v) is 4.23. The highest BCUT2D eigenvalue weighted by Gasteiger charge is 2.23. The predicted molar refractivity (Wildman–Crippen MR) is 86.9 cm³/mol. The van der Waals surface area contributed by atoms with Crippen LogP contribution in [0.15, 0.2) is 22.8 Å². The number of hydrogen-bond acceptors (Lipinski definition) is 4. The van der Waals surface area contributed by atoms with E-state index < -0.39 is 0 Å². The van der Waals surface area contributed by atoms with Crippen molar-refractivity contribution < 1.29 is 14.0 Å². The monoisotopic (exact) mass is 322 g/mol. The van der Waals surface area contributed by atoms with E-state index in [1.807, 2.05) is 36.0 Å². The van der Waals surface area contributed by atoms with Crippen LogP contribution in [0.25, 0.3) is 0 Å². The minimum absolute atomic E-state index is 0.00434. The molecule has 0 aliphatic carbocycles. The Labute approximate surface area is 137 Å². The molecule has 2 N–H and O–H groups in total. The van der Waals surface area contributed by atoms with Crippen LogP contribution < -0.4 is 10.6 Å². The summed E-state index contributed by atoms with van der Waals surface area (Å²) < 4.78 is 5.42. The summed E-state index contributed by atoms with van der Waals surface area (Å²) in [5.74, 6) is 0.922. The second-order valence-corrected chi connectivity index (χ2v) is 6.13. The number of urea groups is 1. The zero-order valence-electron chi connectivity index (χ0n) is 14.0. The first kappa shape index (κ1) is 17.3. The molecule has 0 saturated carbocycles. The first-order valence-electron chi connectivity index (χ1n) is 7.97. The Morgan fingerprint density at radius 3 is 2.61 bits per heavy atom. The highest BCUT2D eigenvalue weighted by atomic mass is 16.3. The van der Waals surface area contributed by atoms with Crippen LogP contribution in [-0.4, -0.2) is 61.5 Å². The van der Waals surface area contributed by atoms with Crippen LogP contribution in [-0.2, 0) is 4.79 Å². The van der Waals surface area contributed by atoms with E-state index >= 15 is 0 Å². The summed E-state index contributed by atoms with van der Waals surface area (Å²) in [4.78, 5) is 27.2. The van der Waals surface area contributed by atoms with Crippen LogP contribution in [0.5, 0.6) is 0 Å². The van der Waals surface area contributed by atoms with Crippen LogP contribution in [0.1, 0.15) is 31.6 Å². The average Bonchev–Trinajstić information content (AvgIpc) is 3.01. The second kappa shape index (κ2) is 8.01. The molecule has 3 amide bonds. The largest absolute Gasteiger partial charge is 0.468 e. The molecule has 7 heteroatoms. The van der Waals surface area contributed by atoms with Gasteiger partial charge in [-0.15, -0.1) is 0 Å². The lowest BCUT2D eigenvalue weighted by molar-refractivity contribution is -0.129. The van der Waals surface area contributed by atoms with Crippen LogP contribution in [0.3, 0.4) is 0 Å². The molecule has 1 aromatic heterocycles. The van der Waals surface area contributed by atoms with E-state index in [9.17, 15) is 9.59 Å². The van der Waals surface area contributed by atoms with Crippen LogP contribution >= 0.6 is 0 Å². The minimum Gasteiger partial charge on any atom is -0.468 e. The molecule has 1 aliphatic rings. The third-order valence-electron chi connectivity index (χ3n) is 4.23. The molecule has 1 fully saturated rings. The number of furan rings is 1. The van der Waals surface area contributed by atoms with E-state index in [0.717, 1.165) is 18.6 Å². The van der Waals surface area contributed by atoms with E-state index in [0.29, 0.717) is 19.6 Å². The Balaban J connectivity index is 1.75. The lowest BCUT2D eigenvalue weighted by Crippen LogP contribution is -2.49. The molecular formula is C16H26N4O3. The Morgan fingerprint density at radius 2 is 2.09 bits per heavy atom. The van der Waals surface area contributed by atoms with Gasteiger partial charge in [-0.2, -0.15) is 0 Å². The predicted octanol–water partition coefficient (Wildman–Crippen LogP) is 1.19. The summed E-state index contributed by atoms with van der Waals surface area (Å²) in [5, 5.41) is 5.88. The maximum Gasteiger partial charge on any atom is 0.315 e. The molecule has 0 aromatic carbocycles. The van der Waals surface area contributed by atoms with E-state index in [2.05, 4.69) is 10.6 Å². The number of rotatable bonds is 5. The summed E-state index contributed by atoms with van der Waals surface area (Å²) in [6, 6.07) is 3.68. The standard InChI is InChI=1S/C16H26N4O3/c1-12(21)20-8-6-13(7-9-20)18-16(22)17-11-14(19(2)3)15-5-4-10-23-15/h4-5,10,13-14H,6-9,11H2,1-3H3,(H2,17,18,22). The molecule has 2 heterocycles. The number of carbonyl (C=O) groups is 2. The SMILES string of the molecule is CC(=O)N1CCC(NC(=O)NCC(c2ccco2)N(C)C)CC1. The van der Waals surface area contributed by atoms with Gasteiger partial charge in [-0.25, -0.2) is 4.79 Å². The van der Waals surface area contributed by atoms with Gasteiger partial charge in [-0.05, 0) is 39.1 Å². The zero-order valence-corrected chi connectivity index (χ0v) is 14.0. The van der Waals surface area contributed by atoms with Crippen molar-refractivity contribution in [3.8, 4) is 0 Å². The maximum atomic E-state index is 12.1. The van der Waals surface area contributed by atoms with E-state index in [4.69, 9.17) is 4.42 Å². The van der Waals surface area contributed by atoms with Gasteiger partial charge in [0.15, 0.2) is 0 Å². The Bertz CT molecular complexity index is 507. The second-order valence-electron chi connectivity index (χ2n) is 6.13. The van der Waals surface area contributed by atoms with Gasteiger partial charge in [0.05, 0.1) is 12.3 Å². The van der Waals surface area contributed by atoms with Crippen LogP contribution in [0.4, 0.5) is 4.79 Å². The fourth-order valence-electron chi connectivity index (χ4n) is 2.78. The fourth-order valence-corrected chi connectivity index (χ4v) is 2.78. The van der Waals surface area contributed by atoms with Crippen molar-refractivity contribution in [2.75, 3.05) is 33.7 Å². The number of nitrogens with one attached hydrogen (secondary N) is 2. The highest BCUT2D eigenvalue weighted by molar-refractivity contribution is 5.75. The van der Waals surface area contributed by atoms with Gasteiger partial charge in [0.2, 0.25) is 5.91 Å². The van der Waals surface area contributed by atoms with Crippen LogP contribution in [0.2, 0.25) is 0 Å². The molecule has 128 valence electrons. The van der Waals surface area contributed by atoms with Gasteiger partial charge < -0.3 is 20.0 Å². The molecule has 2 rings (SSSR count). The average molecular weight is 322 g/mol. The van der Waals surface area contributed by atoms with Gasteiger partial charge >= 0.3 is 6.03 Å². The lowest BCUT2D eigenvalue weighted by atomic mass is 10.1. The lowest BCUT2D eigenvalue weighted by Gasteiger charge is -2.32. The van der Waals surface area contributed by atoms with Crippen molar-refractivity contribution in [3.05, 3.63) is 24.2 Å². The summed E-state index contributed by atoms with van der Waals surface area (Å²) >= 11 is 0. The molecule has 1 unspecified atom stereocenters. The molecule has 1 atom stereocenters. The number of likely N-dealkylation sites (tertiary alicyclic amines) is 1. The van der Waals surface area contributed by atoms with E-state index in [1.165, 1.54) is 0 Å². The normalized spacial score (nSPS) is 17.1. The van der Waals surface area contributed by atoms with Crippen LogP contribution in [0, 0.1) is 0 Å². The summed E-state index contributed by atoms with van der Waals surface area (Å²) in [6.07, 6.45) is 3.22. The van der Waals surface area contributed by atoms with Crippen molar-refractivity contribution in [2.45, 2.75) is 31.8 Å². The van der Waals surface area contributed by atoms with Crippen molar-refractivity contribution >= 4 is 11.9 Å². The smallest absolute Gasteiger partial charge is 0.315 e. The molecule has 0 bridgehead atoms. The molecular weight excluding hydrogens is 296 g/mol.